The lowest BCUT2D eigenvalue weighted by molar-refractivity contribution is -0.116. The summed E-state index contributed by atoms with van der Waals surface area (Å²) in [5, 5.41) is 3.51. The Balaban J connectivity index is 1.62. The van der Waals surface area contributed by atoms with Gasteiger partial charge in [-0.1, -0.05) is 23.2 Å². The fourth-order valence-corrected chi connectivity index (χ4v) is 2.89. The molecule has 0 saturated heterocycles. The molecule has 3 heterocycles. The highest BCUT2D eigenvalue weighted by Crippen LogP contribution is 2.27. The minimum Gasteiger partial charge on any atom is -0.463 e. The Hall–Kier alpha value is -3.10. The number of anilines is 2. The van der Waals surface area contributed by atoms with Crippen LogP contribution in [0.15, 0.2) is 47.3 Å². The van der Waals surface area contributed by atoms with Crippen LogP contribution in [0.2, 0.25) is 10.0 Å². The quantitative estimate of drug-likeness (QED) is 0.538. The summed E-state index contributed by atoms with van der Waals surface area (Å²) in [5.74, 6) is 0.282. The normalized spacial score (nSPS) is 11.0. The Labute approximate surface area is 162 Å². The van der Waals surface area contributed by atoms with Gasteiger partial charge in [0.15, 0.2) is 11.4 Å². The summed E-state index contributed by atoms with van der Waals surface area (Å²) in [4.78, 5) is 25.1. The Morgan fingerprint density at radius 3 is 2.81 bits per heavy atom. The number of aromatic nitrogens is 4. The van der Waals surface area contributed by atoms with Crippen LogP contribution in [0, 0.1) is 0 Å². The maximum absolute atomic E-state index is 12.4. The molecule has 4 rings (SSSR count). The van der Waals surface area contributed by atoms with Crippen molar-refractivity contribution in [3.63, 3.8) is 0 Å². The van der Waals surface area contributed by atoms with E-state index in [4.69, 9.17) is 33.4 Å². The molecule has 0 saturated carbocycles. The molecule has 0 radical (unpaired) electrons. The molecule has 0 aliphatic carbocycles. The van der Waals surface area contributed by atoms with Crippen LogP contribution in [0.3, 0.4) is 0 Å². The molecule has 0 aliphatic rings. The van der Waals surface area contributed by atoms with Crippen LogP contribution in [0.1, 0.15) is 0 Å². The number of nitrogens with zero attached hydrogens (tertiary/aromatic N) is 4. The zero-order valence-corrected chi connectivity index (χ0v) is 15.2. The molecule has 3 N–H and O–H groups in total. The number of nitrogens with two attached hydrogens (primary N) is 1. The van der Waals surface area contributed by atoms with Gasteiger partial charge in [0.1, 0.15) is 17.8 Å². The van der Waals surface area contributed by atoms with Crippen LogP contribution in [0.5, 0.6) is 0 Å². The van der Waals surface area contributed by atoms with Gasteiger partial charge in [0.25, 0.3) is 0 Å². The Kier molecular flexibility index (Phi) is 4.43. The van der Waals surface area contributed by atoms with Crippen molar-refractivity contribution in [3.05, 3.63) is 53.0 Å². The van der Waals surface area contributed by atoms with Crippen molar-refractivity contribution in [1.82, 2.24) is 19.5 Å². The summed E-state index contributed by atoms with van der Waals surface area (Å²) >= 11 is 11.8. The van der Waals surface area contributed by atoms with E-state index < -0.39 is 0 Å². The molecule has 0 spiro atoms. The standard InChI is InChI=1S/C17H12Cl2N6O2/c18-10-4-3-9(6-11(10)19)22-13(26)7-25-8-21-15-14(12-2-1-5-27-12)23-17(20)24-16(15)25/h1-6,8H,7H2,(H,22,26)(H2,20,23,24). The summed E-state index contributed by atoms with van der Waals surface area (Å²) in [6, 6.07) is 8.32. The first-order chi connectivity index (χ1) is 13.0. The van der Waals surface area contributed by atoms with Crippen LogP contribution in [0.25, 0.3) is 22.6 Å². The number of hydrogen-bond acceptors (Lipinski definition) is 6. The molecule has 0 aliphatic heterocycles. The molecule has 0 bridgehead atoms. The minimum absolute atomic E-state index is 0.0230. The van der Waals surface area contributed by atoms with Gasteiger partial charge in [0.05, 0.1) is 22.6 Å². The highest BCUT2D eigenvalue weighted by Gasteiger charge is 2.17. The fraction of sp³-hybridized carbons (Fsp3) is 0.0588. The van der Waals surface area contributed by atoms with Crippen LogP contribution in [-0.4, -0.2) is 25.4 Å². The number of rotatable bonds is 4. The van der Waals surface area contributed by atoms with Gasteiger partial charge in [-0.15, -0.1) is 0 Å². The van der Waals surface area contributed by atoms with E-state index in [9.17, 15) is 4.79 Å². The fourth-order valence-electron chi connectivity index (χ4n) is 2.59. The van der Waals surface area contributed by atoms with Gasteiger partial charge in [-0.25, -0.2) is 9.97 Å². The number of amides is 1. The molecule has 1 amide bonds. The van der Waals surface area contributed by atoms with Crippen molar-refractivity contribution in [2.45, 2.75) is 6.54 Å². The van der Waals surface area contributed by atoms with Gasteiger partial charge >= 0.3 is 0 Å². The maximum atomic E-state index is 12.4. The van der Waals surface area contributed by atoms with Crippen molar-refractivity contribution < 1.29 is 9.21 Å². The third kappa shape index (κ3) is 3.44. The van der Waals surface area contributed by atoms with E-state index >= 15 is 0 Å². The van der Waals surface area contributed by atoms with Gasteiger partial charge in [-0.05, 0) is 30.3 Å². The number of nitrogens with one attached hydrogen (secondary N) is 1. The lowest BCUT2D eigenvalue weighted by Gasteiger charge is -2.08. The molecule has 4 aromatic rings. The molecule has 1 aromatic carbocycles. The van der Waals surface area contributed by atoms with Gasteiger partial charge < -0.3 is 20.0 Å². The predicted molar refractivity (Wildman–Crippen MR) is 103 cm³/mol. The third-order valence-electron chi connectivity index (χ3n) is 3.75. The molecule has 10 heteroatoms. The first kappa shape index (κ1) is 17.3. The van der Waals surface area contributed by atoms with E-state index in [1.54, 1.807) is 34.9 Å². The van der Waals surface area contributed by atoms with Crippen molar-refractivity contribution in [2.24, 2.45) is 0 Å². The number of carbonyl (C=O) groups is 1. The second-order valence-electron chi connectivity index (χ2n) is 5.63. The van der Waals surface area contributed by atoms with E-state index in [0.717, 1.165) is 0 Å². The Morgan fingerprint density at radius 1 is 1.22 bits per heavy atom. The summed E-state index contributed by atoms with van der Waals surface area (Å²) in [5.41, 5.74) is 7.72. The molecule has 27 heavy (non-hydrogen) atoms. The largest absolute Gasteiger partial charge is 0.463 e. The highest BCUT2D eigenvalue weighted by atomic mass is 35.5. The van der Waals surface area contributed by atoms with E-state index in [1.807, 2.05) is 0 Å². The van der Waals surface area contributed by atoms with Crippen molar-refractivity contribution in [1.29, 1.82) is 0 Å². The lowest BCUT2D eigenvalue weighted by atomic mass is 10.3. The summed E-state index contributed by atoms with van der Waals surface area (Å²) in [6.45, 7) is -0.0230. The van der Waals surface area contributed by atoms with E-state index in [0.29, 0.717) is 38.4 Å². The number of nitrogen functional groups attached to an aromatic ring is 1. The van der Waals surface area contributed by atoms with Crippen LogP contribution >= 0.6 is 23.2 Å². The van der Waals surface area contributed by atoms with E-state index in [1.165, 1.54) is 12.6 Å². The molecule has 136 valence electrons. The zero-order chi connectivity index (χ0) is 19.0. The number of furan rings is 1. The number of fused-ring (bicyclic) bond motifs is 1. The van der Waals surface area contributed by atoms with Crippen LogP contribution in [0.4, 0.5) is 11.6 Å². The average Bonchev–Trinajstić information content (AvgIpc) is 3.28. The zero-order valence-electron chi connectivity index (χ0n) is 13.7. The van der Waals surface area contributed by atoms with Gasteiger partial charge in [0, 0.05) is 5.69 Å². The summed E-state index contributed by atoms with van der Waals surface area (Å²) in [7, 11) is 0. The summed E-state index contributed by atoms with van der Waals surface area (Å²) < 4.78 is 6.95. The number of imidazole rings is 1. The van der Waals surface area contributed by atoms with Crippen LogP contribution < -0.4 is 11.1 Å². The van der Waals surface area contributed by atoms with E-state index in [-0.39, 0.29) is 18.4 Å². The second kappa shape index (κ2) is 6.90. The van der Waals surface area contributed by atoms with Gasteiger partial charge in [0.2, 0.25) is 11.9 Å². The van der Waals surface area contributed by atoms with Crippen molar-refractivity contribution in [3.8, 4) is 11.5 Å². The van der Waals surface area contributed by atoms with Crippen molar-refractivity contribution in [2.75, 3.05) is 11.1 Å². The molecular weight excluding hydrogens is 391 g/mol. The maximum Gasteiger partial charge on any atom is 0.244 e. The molecule has 3 aromatic heterocycles. The molecule has 0 fully saturated rings. The molecule has 8 nitrogen and oxygen atoms in total. The van der Waals surface area contributed by atoms with E-state index in [2.05, 4.69) is 20.3 Å². The number of carbonyl (C=O) groups excluding carboxylic acids is 1. The molecular formula is C17H12Cl2N6O2. The van der Waals surface area contributed by atoms with Crippen LogP contribution in [-0.2, 0) is 11.3 Å². The monoisotopic (exact) mass is 402 g/mol. The third-order valence-corrected chi connectivity index (χ3v) is 4.49. The molecule has 0 unspecified atom stereocenters. The molecule has 0 atom stereocenters. The summed E-state index contributed by atoms with van der Waals surface area (Å²) in [6.07, 6.45) is 3.03. The minimum atomic E-state index is -0.288. The second-order valence-corrected chi connectivity index (χ2v) is 6.44. The SMILES string of the molecule is Nc1nc(-c2ccco2)c2ncn(CC(=O)Nc3ccc(Cl)c(Cl)c3)c2n1. The topological polar surface area (TPSA) is 112 Å². The Morgan fingerprint density at radius 2 is 2.07 bits per heavy atom. The number of halogens is 2. The highest BCUT2D eigenvalue weighted by molar-refractivity contribution is 6.42. The predicted octanol–water partition coefficient (Wildman–Crippen LogP) is 3.61. The first-order valence-electron chi connectivity index (χ1n) is 7.78. The average molecular weight is 403 g/mol. The van der Waals surface area contributed by atoms with Gasteiger partial charge in [-0.2, -0.15) is 4.98 Å². The number of benzene rings is 1. The number of hydrogen-bond donors (Lipinski definition) is 2. The first-order valence-corrected chi connectivity index (χ1v) is 8.54. The lowest BCUT2D eigenvalue weighted by Crippen LogP contribution is -2.18. The smallest absolute Gasteiger partial charge is 0.244 e. The van der Waals surface area contributed by atoms with Gasteiger partial charge in [-0.3, -0.25) is 4.79 Å². The Bertz CT molecular complexity index is 1140. The van der Waals surface area contributed by atoms with Crippen molar-refractivity contribution >= 4 is 51.9 Å².